The van der Waals surface area contributed by atoms with Crippen LogP contribution in [0.3, 0.4) is 0 Å². The fraction of sp³-hybridized carbons (Fsp3) is 0.500. The average Bonchev–Trinajstić information content (AvgIpc) is 2.79. The number of benzene rings is 2. The van der Waals surface area contributed by atoms with Crippen molar-refractivity contribution in [3.8, 4) is 11.1 Å². The van der Waals surface area contributed by atoms with Crippen molar-refractivity contribution >= 4 is 11.4 Å². The van der Waals surface area contributed by atoms with E-state index in [2.05, 4.69) is 0 Å². The van der Waals surface area contributed by atoms with Crippen LogP contribution in [-0.4, -0.2) is 9.85 Å². The minimum absolute atomic E-state index is 0.0283. The second-order valence-electron chi connectivity index (χ2n) is 8.71. The fourth-order valence-corrected chi connectivity index (χ4v) is 5.32. The van der Waals surface area contributed by atoms with Crippen LogP contribution in [0.25, 0.3) is 11.1 Å². The molecular formula is C24H28N2O4. The topological polar surface area (TPSA) is 86.3 Å². The number of rotatable bonds is 5. The van der Waals surface area contributed by atoms with Crippen LogP contribution in [0, 0.1) is 20.2 Å². The highest BCUT2D eigenvalue weighted by Crippen LogP contribution is 2.46. The Balaban J connectivity index is 1.75. The Morgan fingerprint density at radius 2 is 1.17 bits per heavy atom. The molecule has 2 aliphatic rings. The van der Waals surface area contributed by atoms with Crippen molar-refractivity contribution in [3.63, 3.8) is 0 Å². The van der Waals surface area contributed by atoms with E-state index in [9.17, 15) is 20.2 Å². The van der Waals surface area contributed by atoms with E-state index in [0.717, 1.165) is 32.1 Å². The number of hydrogen-bond acceptors (Lipinski definition) is 4. The molecule has 0 heterocycles. The summed E-state index contributed by atoms with van der Waals surface area (Å²) in [4.78, 5) is 22.8. The summed E-state index contributed by atoms with van der Waals surface area (Å²) in [5.41, 5.74) is 2.10. The van der Waals surface area contributed by atoms with Gasteiger partial charge in [-0.2, -0.15) is 0 Å². The zero-order chi connectivity index (χ0) is 21.1. The van der Waals surface area contributed by atoms with Crippen LogP contribution >= 0.6 is 0 Å². The highest BCUT2D eigenvalue weighted by Gasteiger charge is 2.36. The van der Waals surface area contributed by atoms with Crippen LogP contribution in [0.4, 0.5) is 11.4 Å². The molecule has 0 amide bonds. The number of nitro benzene ring substituents is 2. The smallest absolute Gasteiger partial charge is 0.258 e. The first kappa shape index (κ1) is 20.5. The summed E-state index contributed by atoms with van der Waals surface area (Å²) in [5, 5.41) is 23.9. The Morgan fingerprint density at radius 3 is 1.70 bits per heavy atom. The maximum Gasteiger partial charge on any atom is 0.354 e. The molecular weight excluding hydrogens is 380 g/mol. The summed E-state index contributed by atoms with van der Waals surface area (Å²) < 4.78 is 0. The summed E-state index contributed by atoms with van der Waals surface area (Å²) >= 11 is 0. The summed E-state index contributed by atoms with van der Waals surface area (Å²) in [6.45, 7) is 0. The monoisotopic (exact) mass is 408 g/mol. The molecule has 0 aliphatic heterocycles. The van der Waals surface area contributed by atoms with Gasteiger partial charge in [-0.05, 0) is 54.7 Å². The number of hydrogen-bond donors (Lipinski definition) is 0. The van der Waals surface area contributed by atoms with Gasteiger partial charge in [-0.3, -0.25) is 20.2 Å². The third-order valence-electron chi connectivity index (χ3n) is 6.89. The van der Waals surface area contributed by atoms with Crippen molar-refractivity contribution in [3.05, 3.63) is 67.8 Å². The number of nitrogens with zero attached hydrogens (tertiary/aromatic N) is 2. The van der Waals surface area contributed by atoms with E-state index in [1.54, 1.807) is 12.1 Å². The van der Waals surface area contributed by atoms with Gasteiger partial charge in [0.1, 0.15) is 0 Å². The molecule has 2 saturated carbocycles. The van der Waals surface area contributed by atoms with Gasteiger partial charge in [-0.25, -0.2) is 0 Å². The molecule has 158 valence electrons. The first-order valence-electron chi connectivity index (χ1n) is 11.1. The van der Waals surface area contributed by atoms with Gasteiger partial charge < -0.3 is 0 Å². The first-order chi connectivity index (χ1) is 14.6. The normalized spacial score (nSPS) is 18.3. The fourth-order valence-electron chi connectivity index (χ4n) is 5.32. The van der Waals surface area contributed by atoms with E-state index in [1.165, 1.54) is 37.7 Å². The van der Waals surface area contributed by atoms with Gasteiger partial charge >= 0.3 is 11.4 Å². The van der Waals surface area contributed by atoms with Crippen LogP contribution < -0.4 is 0 Å². The van der Waals surface area contributed by atoms with E-state index < -0.39 is 9.85 Å². The molecule has 0 radical (unpaired) electrons. The SMILES string of the molecule is O=[N+]([O-])c1c(-c2ccc(C3CCCCC3)cc2)ccc(C2CCCCC2)c1[N+](=O)[O-]. The van der Waals surface area contributed by atoms with Gasteiger partial charge in [0.2, 0.25) is 0 Å². The summed E-state index contributed by atoms with van der Waals surface area (Å²) in [7, 11) is 0. The van der Waals surface area contributed by atoms with Gasteiger partial charge in [0, 0.05) is 5.56 Å². The van der Waals surface area contributed by atoms with Gasteiger partial charge in [0.25, 0.3) is 0 Å². The van der Waals surface area contributed by atoms with E-state index in [4.69, 9.17) is 0 Å². The Morgan fingerprint density at radius 1 is 0.633 bits per heavy atom. The Labute approximate surface area is 176 Å². The molecule has 0 bridgehead atoms. The lowest BCUT2D eigenvalue weighted by molar-refractivity contribution is -0.422. The maximum absolute atomic E-state index is 12.0. The van der Waals surface area contributed by atoms with Crippen molar-refractivity contribution in [2.45, 2.75) is 76.0 Å². The zero-order valence-electron chi connectivity index (χ0n) is 17.2. The highest BCUT2D eigenvalue weighted by atomic mass is 16.6. The van der Waals surface area contributed by atoms with Crippen LogP contribution in [0.15, 0.2) is 36.4 Å². The third kappa shape index (κ3) is 4.09. The highest BCUT2D eigenvalue weighted by molar-refractivity contribution is 5.81. The van der Waals surface area contributed by atoms with Crippen LogP contribution in [0.1, 0.15) is 87.2 Å². The second-order valence-corrected chi connectivity index (χ2v) is 8.71. The maximum atomic E-state index is 12.0. The second kappa shape index (κ2) is 8.94. The van der Waals surface area contributed by atoms with Gasteiger partial charge in [0.05, 0.1) is 15.4 Å². The molecule has 6 nitrogen and oxygen atoms in total. The summed E-state index contributed by atoms with van der Waals surface area (Å²) in [6, 6.07) is 11.3. The first-order valence-corrected chi connectivity index (χ1v) is 11.1. The van der Waals surface area contributed by atoms with Crippen LogP contribution in [0.5, 0.6) is 0 Å². The average molecular weight is 408 g/mol. The lowest BCUT2D eigenvalue weighted by Gasteiger charge is -2.22. The Kier molecular flexibility index (Phi) is 6.11. The van der Waals surface area contributed by atoms with Gasteiger partial charge in [-0.15, -0.1) is 0 Å². The third-order valence-corrected chi connectivity index (χ3v) is 6.89. The molecule has 6 heteroatoms. The van der Waals surface area contributed by atoms with Crippen molar-refractivity contribution in [2.24, 2.45) is 0 Å². The van der Waals surface area contributed by atoms with Crippen LogP contribution in [0.2, 0.25) is 0 Å². The molecule has 0 spiro atoms. The van der Waals surface area contributed by atoms with E-state index in [1.807, 2.05) is 24.3 Å². The van der Waals surface area contributed by atoms with Crippen molar-refractivity contribution in [1.82, 2.24) is 0 Å². The zero-order valence-corrected chi connectivity index (χ0v) is 17.2. The minimum atomic E-state index is -0.575. The molecule has 0 atom stereocenters. The molecule has 4 rings (SSSR count). The summed E-state index contributed by atoms with van der Waals surface area (Å²) in [6.07, 6.45) is 11.0. The lowest BCUT2D eigenvalue weighted by Crippen LogP contribution is -2.10. The van der Waals surface area contributed by atoms with Crippen molar-refractivity contribution in [1.29, 1.82) is 0 Å². The molecule has 0 saturated heterocycles. The molecule has 2 aromatic rings. The van der Waals surface area contributed by atoms with Crippen molar-refractivity contribution < 1.29 is 9.85 Å². The molecule has 0 unspecified atom stereocenters. The predicted octanol–water partition coefficient (Wildman–Crippen LogP) is 7.27. The standard InChI is InChI=1S/C24H28N2O4/c27-25(28)23-21(19-9-5-2-6-10-19)15-16-22(24(23)26(29)30)20-13-11-18(12-14-20)17-7-3-1-4-8-17/h11-17,19H,1-10H2. The molecule has 0 aromatic heterocycles. The van der Waals surface area contributed by atoms with Crippen molar-refractivity contribution in [2.75, 3.05) is 0 Å². The molecule has 2 aliphatic carbocycles. The van der Waals surface area contributed by atoms with E-state index in [0.29, 0.717) is 22.6 Å². The Hall–Kier alpha value is -2.76. The lowest BCUT2D eigenvalue weighted by atomic mass is 9.82. The van der Waals surface area contributed by atoms with E-state index >= 15 is 0 Å². The van der Waals surface area contributed by atoms with Gasteiger partial charge in [-0.1, -0.05) is 68.9 Å². The van der Waals surface area contributed by atoms with Gasteiger partial charge in [0.15, 0.2) is 0 Å². The largest absolute Gasteiger partial charge is 0.354 e. The molecule has 30 heavy (non-hydrogen) atoms. The van der Waals surface area contributed by atoms with E-state index in [-0.39, 0.29) is 17.3 Å². The molecule has 2 fully saturated rings. The minimum Gasteiger partial charge on any atom is -0.258 e. The van der Waals surface area contributed by atoms with Crippen LogP contribution in [-0.2, 0) is 0 Å². The number of nitro groups is 2. The molecule has 0 N–H and O–H groups in total. The summed E-state index contributed by atoms with van der Waals surface area (Å²) in [5.74, 6) is 0.575. The Bertz CT molecular complexity index is 927. The quantitative estimate of drug-likeness (QED) is 0.384. The molecule has 2 aromatic carbocycles. The predicted molar refractivity (Wildman–Crippen MR) is 117 cm³/mol.